The van der Waals surface area contributed by atoms with E-state index in [2.05, 4.69) is 39.9 Å². The van der Waals surface area contributed by atoms with Crippen LogP contribution in [-0.2, 0) is 13.0 Å². The van der Waals surface area contributed by atoms with Gasteiger partial charge in [0.15, 0.2) is 11.5 Å². The molecule has 2 fully saturated rings. The average Bonchev–Trinajstić information content (AvgIpc) is 3.62. The topological polar surface area (TPSA) is 89.7 Å². The van der Waals surface area contributed by atoms with Gasteiger partial charge in [-0.3, -0.25) is 4.79 Å². The van der Waals surface area contributed by atoms with E-state index in [0.29, 0.717) is 22.9 Å². The minimum atomic E-state index is -0.0419. The Morgan fingerprint density at radius 2 is 1.94 bits per heavy atom. The van der Waals surface area contributed by atoms with Crippen molar-refractivity contribution in [3.63, 3.8) is 0 Å². The van der Waals surface area contributed by atoms with Crippen LogP contribution in [0.5, 0.6) is 0 Å². The summed E-state index contributed by atoms with van der Waals surface area (Å²) < 4.78 is 3.75. The number of pyridine rings is 1. The first-order valence-corrected chi connectivity index (χ1v) is 12.3. The molecule has 2 saturated carbocycles. The third-order valence-corrected chi connectivity index (χ3v) is 7.36. The smallest absolute Gasteiger partial charge is 0.278 e. The molecule has 1 aliphatic heterocycles. The molecule has 34 heavy (non-hydrogen) atoms. The first kappa shape index (κ1) is 19.9. The van der Waals surface area contributed by atoms with Crippen molar-refractivity contribution in [1.29, 1.82) is 0 Å². The van der Waals surface area contributed by atoms with Crippen LogP contribution >= 0.6 is 0 Å². The Morgan fingerprint density at radius 1 is 1.03 bits per heavy atom. The lowest BCUT2D eigenvalue weighted by atomic mass is 9.83. The van der Waals surface area contributed by atoms with Crippen molar-refractivity contribution in [2.24, 2.45) is 0 Å². The Bertz CT molecular complexity index is 1460. The van der Waals surface area contributed by atoms with Gasteiger partial charge >= 0.3 is 0 Å². The molecule has 3 aromatic heterocycles. The summed E-state index contributed by atoms with van der Waals surface area (Å²) in [5.74, 6) is 1.76. The van der Waals surface area contributed by atoms with Gasteiger partial charge < -0.3 is 10.6 Å². The molecule has 0 unspecified atom stereocenters. The van der Waals surface area contributed by atoms with Crippen LogP contribution in [-0.4, -0.2) is 30.9 Å². The fraction of sp³-hybridized carbons (Fsp3) is 0.385. The maximum Gasteiger partial charge on any atom is 0.278 e. The van der Waals surface area contributed by atoms with E-state index in [1.54, 1.807) is 6.20 Å². The Labute approximate surface area is 197 Å². The van der Waals surface area contributed by atoms with Gasteiger partial charge in [-0.15, -0.1) is 0 Å². The SMILES string of the molecule is O=c1c2cnc(Nc3ccc4c(c3)CNCC4)nc2n(-c2cccc(C3CCC3)n2)n1C1CC1. The zero-order valence-corrected chi connectivity index (χ0v) is 19.0. The standard InChI is InChI=1S/C26H27N7O/c34-25-21-15-28-26(29-19-8-7-16-11-12-27-14-18(16)13-19)31-24(21)33(32(25)20-9-10-20)23-6-2-5-22(30-23)17-3-1-4-17/h2,5-8,13,15,17,20,27H,1,3-4,9-12,14H2,(H,28,29,31). The van der Waals surface area contributed by atoms with Gasteiger partial charge in [-0.1, -0.05) is 18.6 Å². The van der Waals surface area contributed by atoms with E-state index in [-0.39, 0.29) is 11.6 Å². The van der Waals surface area contributed by atoms with E-state index in [0.717, 1.165) is 49.6 Å². The second-order valence-electron chi connectivity index (χ2n) is 9.71. The predicted molar refractivity (Wildman–Crippen MR) is 131 cm³/mol. The molecule has 172 valence electrons. The maximum atomic E-state index is 13.3. The molecule has 2 N–H and O–H groups in total. The minimum absolute atomic E-state index is 0.0419. The molecular weight excluding hydrogens is 426 g/mol. The Hall–Kier alpha value is -3.52. The molecule has 7 rings (SSSR count). The third-order valence-electron chi connectivity index (χ3n) is 7.36. The zero-order valence-electron chi connectivity index (χ0n) is 19.0. The second-order valence-corrected chi connectivity index (χ2v) is 9.71. The van der Waals surface area contributed by atoms with Gasteiger partial charge in [0.25, 0.3) is 5.56 Å². The van der Waals surface area contributed by atoms with Crippen molar-refractivity contribution in [2.45, 2.75) is 57.0 Å². The number of aromatic nitrogens is 5. The summed E-state index contributed by atoms with van der Waals surface area (Å²) in [5, 5.41) is 7.30. The number of hydrogen-bond acceptors (Lipinski definition) is 6. The van der Waals surface area contributed by atoms with Crippen LogP contribution in [0.4, 0.5) is 11.6 Å². The van der Waals surface area contributed by atoms with Crippen molar-refractivity contribution >= 4 is 22.7 Å². The Kier molecular flexibility index (Phi) is 4.55. The fourth-order valence-corrected chi connectivity index (χ4v) is 5.11. The molecule has 1 aromatic carbocycles. The number of anilines is 2. The van der Waals surface area contributed by atoms with Crippen LogP contribution in [0.15, 0.2) is 47.4 Å². The molecule has 2 aliphatic carbocycles. The maximum absolute atomic E-state index is 13.3. The number of hydrogen-bond donors (Lipinski definition) is 2. The largest absolute Gasteiger partial charge is 0.324 e. The first-order chi connectivity index (χ1) is 16.7. The van der Waals surface area contributed by atoms with Crippen molar-refractivity contribution in [1.82, 2.24) is 29.6 Å². The van der Waals surface area contributed by atoms with Crippen LogP contribution in [0.2, 0.25) is 0 Å². The lowest BCUT2D eigenvalue weighted by Crippen LogP contribution is -2.23. The van der Waals surface area contributed by atoms with Crippen molar-refractivity contribution in [3.05, 3.63) is 69.8 Å². The highest BCUT2D eigenvalue weighted by atomic mass is 16.1. The summed E-state index contributed by atoms with van der Waals surface area (Å²) in [6, 6.07) is 12.7. The molecule has 0 spiro atoms. The van der Waals surface area contributed by atoms with E-state index < -0.39 is 0 Å². The molecule has 3 aliphatic rings. The normalized spacial score (nSPS) is 18.0. The number of nitrogens with one attached hydrogen (secondary N) is 2. The monoisotopic (exact) mass is 453 g/mol. The summed E-state index contributed by atoms with van der Waals surface area (Å²) in [7, 11) is 0. The fourth-order valence-electron chi connectivity index (χ4n) is 5.11. The van der Waals surface area contributed by atoms with E-state index in [1.807, 2.05) is 21.5 Å². The van der Waals surface area contributed by atoms with Crippen LogP contribution < -0.4 is 16.2 Å². The Balaban J connectivity index is 1.32. The van der Waals surface area contributed by atoms with Gasteiger partial charge in [-0.25, -0.2) is 19.3 Å². The van der Waals surface area contributed by atoms with Gasteiger partial charge in [-0.2, -0.15) is 4.98 Å². The minimum Gasteiger partial charge on any atom is -0.324 e. The first-order valence-electron chi connectivity index (χ1n) is 12.3. The highest BCUT2D eigenvalue weighted by Gasteiger charge is 2.31. The third kappa shape index (κ3) is 3.32. The molecule has 0 radical (unpaired) electrons. The number of rotatable bonds is 5. The molecule has 4 heterocycles. The van der Waals surface area contributed by atoms with E-state index in [9.17, 15) is 4.79 Å². The number of fused-ring (bicyclic) bond motifs is 2. The molecule has 0 amide bonds. The van der Waals surface area contributed by atoms with Crippen LogP contribution in [0.3, 0.4) is 0 Å². The van der Waals surface area contributed by atoms with Gasteiger partial charge in [0.2, 0.25) is 5.95 Å². The lowest BCUT2D eigenvalue weighted by Gasteiger charge is -2.25. The van der Waals surface area contributed by atoms with Crippen molar-refractivity contribution in [3.8, 4) is 5.82 Å². The van der Waals surface area contributed by atoms with Crippen molar-refractivity contribution < 1.29 is 0 Å². The molecule has 0 atom stereocenters. The molecule has 4 aromatic rings. The van der Waals surface area contributed by atoms with Gasteiger partial charge in [0, 0.05) is 30.0 Å². The molecule has 0 bridgehead atoms. The average molecular weight is 454 g/mol. The van der Waals surface area contributed by atoms with Gasteiger partial charge in [-0.05, 0) is 74.0 Å². The predicted octanol–water partition coefficient (Wildman–Crippen LogP) is 3.97. The van der Waals surface area contributed by atoms with Crippen LogP contribution in [0, 0.1) is 0 Å². The number of nitrogens with zero attached hydrogens (tertiary/aromatic N) is 5. The van der Waals surface area contributed by atoms with Crippen molar-refractivity contribution in [2.75, 3.05) is 11.9 Å². The molecule has 8 nitrogen and oxygen atoms in total. The molecule has 8 heteroatoms. The zero-order chi connectivity index (χ0) is 22.6. The summed E-state index contributed by atoms with van der Waals surface area (Å²) in [6.07, 6.45) is 8.33. The van der Waals surface area contributed by atoms with Crippen LogP contribution in [0.25, 0.3) is 16.9 Å². The second kappa shape index (κ2) is 7.77. The quantitative estimate of drug-likeness (QED) is 0.475. The van der Waals surface area contributed by atoms with E-state index in [4.69, 9.17) is 9.97 Å². The summed E-state index contributed by atoms with van der Waals surface area (Å²) >= 11 is 0. The summed E-state index contributed by atoms with van der Waals surface area (Å²) in [5.41, 5.74) is 5.30. The molecular formula is C26H27N7O. The summed E-state index contributed by atoms with van der Waals surface area (Å²) in [4.78, 5) is 27.6. The summed E-state index contributed by atoms with van der Waals surface area (Å²) in [6.45, 7) is 1.89. The van der Waals surface area contributed by atoms with Gasteiger partial charge in [0.1, 0.15) is 5.39 Å². The highest BCUT2D eigenvalue weighted by molar-refractivity contribution is 5.77. The molecule has 0 saturated heterocycles. The van der Waals surface area contributed by atoms with Crippen LogP contribution in [0.1, 0.15) is 60.9 Å². The van der Waals surface area contributed by atoms with Gasteiger partial charge in [0.05, 0.1) is 6.04 Å². The van der Waals surface area contributed by atoms with E-state index >= 15 is 0 Å². The Morgan fingerprint density at radius 3 is 2.76 bits per heavy atom. The van der Waals surface area contributed by atoms with E-state index in [1.165, 1.54) is 30.4 Å². The lowest BCUT2D eigenvalue weighted by molar-refractivity contribution is 0.410. The number of benzene rings is 1. The highest BCUT2D eigenvalue weighted by Crippen LogP contribution is 2.37.